The molecule has 0 unspecified atom stereocenters. The lowest BCUT2D eigenvalue weighted by Gasteiger charge is -2.20. The molecule has 1 aromatic heterocycles. The van der Waals surface area contributed by atoms with Gasteiger partial charge in [-0.3, -0.25) is 14.3 Å². The maximum absolute atomic E-state index is 12.8. The third-order valence-corrected chi connectivity index (χ3v) is 5.25. The lowest BCUT2D eigenvalue weighted by Crippen LogP contribution is -2.33. The Kier molecular flexibility index (Phi) is 5.07. The normalized spacial score (nSPS) is 16.1. The van der Waals surface area contributed by atoms with E-state index in [0.717, 1.165) is 41.2 Å². The topological polar surface area (TPSA) is 76.5 Å². The van der Waals surface area contributed by atoms with E-state index in [1.165, 1.54) is 0 Å². The second-order valence-corrected chi connectivity index (χ2v) is 7.65. The number of carbonyl (C=O) groups excluding carboxylic acids is 2. The van der Waals surface area contributed by atoms with Crippen LogP contribution in [-0.4, -0.2) is 39.6 Å². The molecule has 0 atom stereocenters. The van der Waals surface area contributed by atoms with E-state index in [1.54, 1.807) is 0 Å². The number of anilines is 1. The summed E-state index contributed by atoms with van der Waals surface area (Å²) in [6.45, 7) is 6.02. The number of amides is 2. The Balaban J connectivity index is 1.41. The molecule has 7 nitrogen and oxygen atoms in total. The standard InChI is InChI=1S/C21H26N4O3/c1-14-11-15(2)25(23-14)8-7-20(26)24-9-10-28-19-6-5-18(12-17(19)13-24)22-21(27)16-3-4-16/h5-6,11-12,16H,3-4,7-10,13H2,1-2H3,(H,22,27). The van der Waals surface area contributed by atoms with Crippen molar-refractivity contribution in [3.05, 3.63) is 41.2 Å². The minimum Gasteiger partial charge on any atom is -0.491 e. The number of hydrogen-bond acceptors (Lipinski definition) is 4. The number of hydrogen-bond donors (Lipinski definition) is 1. The van der Waals surface area contributed by atoms with Crippen LogP contribution in [0, 0.1) is 19.8 Å². The summed E-state index contributed by atoms with van der Waals surface area (Å²) in [5.74, 6) is 1.09. The second-order valence-electron chi connectivity index (χ2n) is 7.65. The van der Waals surface area contributed by atoms with Crippen LogP contribution < -0.4 is 10.1 Å². The number of ether oxygens (including phenoxy) is 1. The van der Waals surface area contributed by atoms with Gasteiger partial charge in [0.1, 0.15) is 12.4 Å². The zero-order chi connectivity index (χ0) is 19.7. The van der Waals surface area contributed by atoms with Crippen LogP contribution in [0.2, 0.25) is 0 Å². The van der Waals surface area contributed by atoms with E-state index in [1.807, 2.05) is 47.7 Å². The Bertz CT molecular complexity index is 901. The summed E-state index contributed by atoms with van der Waals surface area (Å²) in [6, 6.07) is 7.67. The molecule has 4 rings (SSSR count). The van der Waals surface area contributed by atoms with Gasteiger partial charge in [-0.25, -0.2) is 0 Å². The SMILES string of the molecule is Cc1cc(C)n(CCC(=O)N2CCOc3ccc(NC(=O)C4CC4)cc3C2)n1. The number of carbonyl (C=O) groups is 2. The highest BCUT2D eigenvalue weighted by Crippen LogP contribution is 2.31. The molecule has 1 N–H and O–H groups in total. The van der Waals surface area contributed by atoms with Crippen LogP contribution in [0.1, 0.15) is 36.2 Å². The molecule has 2 aromatic rings. The highest BCUT2D eigenvalue weighted by molar-refractivity contribution is 5.94. The molecular weight excluding hydrogens is 356 g/mol. The highest BCUT2D eigenvalue weighted by atomic mass is 16.5. The summed E-state index contributed by atoms with van der Waals surface area (Å²) < 4.78 is 7.69. The van der Waals surface area contributed by atoms with Crippen LogP contribution in [0.15, 0.2) is 24.3 Å². The van der Waals surface area contributed by atoms with Crippen molar-refractivity contribution in [2.75, 3.05) is 18.5 Å². The Morgan fingerprint density at radius 3 is 2.79 bits per heavy atom. The molecule has 148 valence electrons. The van der Waals surface area contributed by atoms with Gasteiger partial charge in [0.15, 0.2) is 0 Å². The fourth-order valence-electron chi connectivity index (χ4n) is 3.54. The van der Waals surface area contributed by atoms with Gasteiger partial charge in [-0.1, -0.05) is 0 Å². The average Bonchev–Trinajstić information content (AvgIpc) is 3.47. The van der Waals surface area contributed by atoms with E-state index in [-0.39, 0.29) is 17.7 Å². The fourth-order valence-corrected chi connectivity index (χ4v) is 3.54. The molecule has 1 aliphatic carbocycles. The summed E-state index contributed by atoms with van der Waals surface area (Å²) in [5.41, 5.74) is 3.70. The first kappa shape index (κ1) is 18.5. The maximum atomic E-state index is 12.8. The maximum Gasteiger partial charge on any atom is 0.227 e. The molecule has 1 aliphatic heterocycles. The number of fused-ring (bicyclic) bond motifs is 1. The van der Waals surface area contributed by atoms with E-state index in [4.69, 9.17) is 4.74 Å². The molecule has 0 bridgehead atoms. The quantitative estimate of drug-likeness (QED) is 0.863. The summed E-state index contributed by atoms with van der Waals surface area (Å²) in [4.78, 5) is 26.6. The van der Waals surface area contributed by atoms with Crippen molar-refractivity contribution in [3.63, 3.8) is 0 Å². The van der Waals surface area contributed by atoms with E-state index in [0.29, 0.717) is 32.7 Å². The van der Waals surface area contributed by atoms with Gasteiger partial charge in [0, 0.05) is 42.4 Å². The predicted molar refractivity (Wildman–Crippen MR) is 105 cm³/mol. The van der Waals surface area contributed by atoms with E-state index < -0.39 is 0 Å². The molecule has 2 heterocycles. The average molecular weight is 382 g/mol. The van der Waals surface area contributed by atoms with Crippen LogP contribution in [-0.2, 0) is 22.7 Å². The van der Waals surface area contributed by atoms with Gasteiger partial charge in [-0.05, 0) is 51.0 Å². The van der Waals surface area contributed by atoms with Crippen molar-refractivity contribution in [2.45, 2.75) is 46.2 Å². The van der Waals surface area contributed by atoms with Crippen LogP contribution in [0.4, 0.5) is 5.69 Å². The Hall–Kier alpha value is -2.83. The van der Waals surface area contributed by atoms with Crippen molar-refractivity contribution in [1.29, 1.82) is 0 Å². The number of aromatic nitrogens is 2. The predicted octanol–water partition coefficient (Wildman–Crippen LogP) is 2.66. The summed E-state index contributed by atoms with van der Waals surface area (Å²) in [6.07, 6.45) is 2.34. The van der Waals surface area contributed by atoms with Crippen molar-refractivity contribution in [2.24, 2.45) is 5.92 Å². The molecule has 0 spiro atoms. The monoisotopic (exact) mass is 382 g/mol. The van der Waals surface area contributed by atoms with Crippen LogP contribution in [0.5, 0.6) is 5.75 Å². The van der Waals surface area contributed by atoms with Gasteiger partial charge in [0.05, 0.1) is 12.2 Å². The molecule has 1 saturated carbocycles. The van der Waals surface area contributed by atoms with E-state index in [9.17, 15) is 9.59 Å². The van der Waals surface area contributed by atoms with Gasteiger partial charge >= 0.3 is 0 Å². The number of benzene rings is 1. The number of aryl methyl sites for hydroxylation is 3. The summed E-state index contributed by atoms with van der Waals surface area (Å²) >= 11 is 0. The van der Waals surface area contributed by atoms with Crippen LogP contribution in [0.3, 0.4) is 0 Å². The highest BCUT2D eigenvalue weighted by Gasteiger charge is 2.29. The van der Waals surface area contributed by atoms with Crippen molar-refractivity contribution in [1.82, 2.24) is 14.7 Å². The number of nitrogens with one attached hydrogen (secondary N) is 1. The Labute approximate surface area is 164 Å². The van der Waals surface area contributed by atoms with Gasteiger partial charge in [0.25, 0.3) is 0 Å². The van der Waals surface area contributed by atoms with Gasteiger partial charge in [0.2, 0.25) is 11.8 Å². The number of nitrogens with zero attached hydrogens (tertiary/aromatic N) is 3. The van der Waals surface area contributed by atoms with E-state index >= 15 is 0 Å². The molecule has 1 fully saturated rings. The molecule has 1 aromatic carbocycles. The molecule has 2 aliphatic rings. The molecule has 7 heteroatoms. The zero-order valence-corrected chi connectivity index (χ0v) is 16.4. The van der Waals surface area contributed by atoms with Crippen LogP contribution >= 0.6 is 0 Å². The van der Waals surface area contributed by atoms with Gasteiger partial charge < -0.3 is 15.0 Å². The number of rotatable bonds is 5. The first-order chi connectivity index (χ1) is 13.5. The first-order valence-electron chi connectivity index (χ1n) is 9.85. The van der Waals surface area contributed by atoms with Crippen molar-refractivity contribution >= 4 is 17.5 Å². The fraction of sp³-hybridized carbons (Fsp3) is 0.476. The largest absolute Gasteiger partial charge is 0.491 e. The third-order valence-electron chi connectivity index (χ3n) is 5.25. The minimum absolute atomic E-state index is 0.0762. The van der Waals surface area contributed by atoms with Crippen molar-refractivity contribution < 1.29 is 14.3 Å². The zero-order valence-electron chi connectivity index (χ0n) is 16.4. The Morgan fingerprint density at radius 1 is 1.25 bits per heavy atom. The second kappa shape index (κ2) is 7.66. The lowest BCUT2D eigenvalue weighted by molar-refractivity contribution is -0.132. The molecule has 0 radical (unpaired) electrons. The molecule has 2 amide bonds. The van der Waals surface area contributed by atoms with E-state index in [2.05, 4.69) is 10.4 Å². The third kappa shape index (κ3) is 4.18. The van der Waals surface area contributed by atoms with Gasteiger partial charge in [-0.2, -0.15) is 5.10 Å². The molecule has 28 heavy (non-hydrogen) atoms. The molecular formula is C21H26N4O3. The smallest absolute Gasteiger partial charge is 0.227 e. The van der Waals surface area contributed by atoms with Crippen LogP contribution in [0.25, 0.3) is 0 Å². The minimum atomic E-state index is 0.0762. The first-order valence-corrected chi connectivity index (χ1v) is 9.85. The van der Waals surface area contributed by atoms with Gasteiger partial charge in [-0.15, -0.1) is 0 Å². The Morgan fingerprint density at radius 2 is 2.07 bits per heavy atom. The van der Waals surface area contributed by atoms with Crippen molar-refractivity contribution in [3.8, 4) is 5.75 Å². The summed E-state index contributed by atoms with van der Waals surface area (Å²) in [5, 5.41) is 7.39. The lowest BCUT2D eigenvalue weighted by atomic mass is 10.1. The molecule has 0 saturated heterocycles. The summed E-state index contributed by atoms with van der Waals surface area (Å²) in [7, 11) is 0.